The van der Waals surface area contributed by atoms with Crippen molar-refractivity contribution in [1.82, 2.24) is 0 Å². The molecule has 0 aliphatic carbocycles. The molecule has 0 unspecified atom stereocenters. The molecule has 1 rings (SSSR count). The third-order valence-corrected chi connectivity index (χ3v) is 2.93. The van der Waals surface area contributed by atoms with Crippen LogP contribution in [0.1, 0.15) is 25.0 Å². The number of thioether (sulfide) groups is 1. The van der Waals surface area contributed by atoms with Crippen LogP contribution < -0.4 is 0 Å². The van der Waals surface area contributed by atoms with Gasteiger partial charge in [-0.15, -0.1) is 11.8 Å². The normalized spacial score (nSPS) is 10.1. The van der Waals surface area contributed by atoms with Gasteiger partial charge in [0.1, 0.15) is 6.07 Å². The van der Waals surface area contributed by atoms with Crippen molar-refractivity contribution in [3.63, 3.8) is 0 Å². The van der Waals surface area contributed by atoms with E-state index in [1.807, 2.05) is 25.1 Å². The molecule has 0 radical (unpaired) electrons. The van der Waals surface area contributed by atoms with Crippen LogP contribution in [0.25, 0.3) is 0 Å². The zero-order valence-electron chi connectivity index (χ0n) is 8.16. The van der Waals surface area contributed by atoms with Crippen LogP contribution in [0.4, 0.5) is 0 Å². The Labute approximate surface area is 83.8 Å². The number of nitrogens with zero attached hydrogens (tertiary/aromatic N) is 1. The maximum Gasteiger partial charge on any atom is 0.100 e. The van der Waals surface area contributed by atoms with Crippen molar-refractivity contribution in [3.8, 4) is 6.07 Å². The van der Waals surface area contributed by atoms with Crippen LogP contribution in [0, 0.1) is 18.3 Å². The summed E-state index contributed by atoms with van der Waals surface area (Å²) < 4.78 is 0. The third-order valence-electron chi connectivity index (χ3n) is 1.69. The fraction of sp³-hybridized carbons (Fsp3) is 0.364. The lowest BCUT2D eigenvalue weighted by atomic mass is 10.1. The van der Waals surface area contributed by atoms with Crippen LogP contribution in [-0.2, 0) is 0 Å². The standard InChI is InChI=1S/C11H13NS/c1-8(2)13-11-9(3)5-4-6-10(11)7-12/h4-6,8H,1-3H3. The summed E-state index contributed by atoms with van der Waals surface area (Å²) in [6.07, 6.45) is 0. The summed E-state index contributed by atoms with van der Waals surface area (Å²) in [5, 5.41) is 9.41. The molecule has 0 spiro atoms. The average molecular weight is 191 g/mol. The molecule has 0 saturated heterocycles. The molecule has 13 heavy (non-hydrogen) atoms. The molecule has 0 amide bonds. The Balaban J connectivity index is 3.10. The van der Waals surface area contributed by atoms with Crippen molar-refractivity contribution in [2.24, 2.45) is 0 Å². The number of nitriles is 1. The van der Waals surface area contributed by atoms with E-state index < -0.39 is 0 Å². The predicted molar refractivity (Wildman–Crippen MR) is 56.9 cm³/mol. The molecule has 0 atom stereocenters. The quantitative estimate of drug-likeness (QED) is 0.669. The molecular weight excluding hydrogens is 178 g/mol. The molecular formula is C11H13NS. The fourth-order valence-corrected chi connectivity index (χ4v) is 2.10. The second-order valence-corrected chi connectivity index (χ2v) is 4.82. The summed E-state index contributed by atoms with van der Waals surface area (Å²) in [5.74, 6) is 0. The summed E-state index contributed by atoms with van der Waals surface area (Å²) in [6, 6.07) is 8.07. The fourth-order valence-electron chi connectivity index (χ4n) is 1.13. The Kier molecular flexibility index (Phi) is 3.39. The van der Waals surface area contributed by atoms with Gasteiger partial charge in [-0.1, -0.05) is 26.0 Å². The largest absolute Gasteiger partial charge is 0.192 e. The van der Waals surface area contributed by atoms with Gasteiger partial charge >= 0.3 is 0 Å². The number of aryl methyl sites for hydroxylation is 1. The molecule has 0 bridgehead atoms. The summed E-state index contributed by atoms with van der Waals surface area (Å²) >= 11 is 1.75. The van der Waals surface area contributed by atoms with Crippen molar-refractivity contribution in [1.29, 1.82) is 5.26 Å². The summed E-state index contributed by atoms with van der Waals surface area (Å²) in [4.78, 5) is 1.12. The van der Waals surface area contributed by atoms with Crippen molar-refractivity contribution in [2.45, 2.75) is 30.9 Å². The lowest BCUT2D eigenvalue weighted by molar-refractivity contribution is 1.10. The second kappa shape index (κ2) is 4.34. The van der Waals surface area contributed by atoms with Crippen molar-refractivity contribution >= 4 is 11.8 Å². The molecule has 0 fully saturated rings. The highest BCUT2D eigenvalue weighted by Gasteiger charge is 2.07. The van der Waals surface area contributed by atoms with Crippen LogP contribution in [0.5, 0.6) is 0 Å². The summed E-state index contributed by atoms with van der Waals surface area (Å²) in [6.45, 7) is 6.32. The van der Waals surface area contributed by atoms with E-state index in [4.69, 9.17) is 5.26 Å². The molecule has 0 aliphatic heterocycles. The Bertz CT molecular complexity index is 336. The lowest BCUT2D eigenvalue weighted by Gasteiger charge is -2.09. The first-order valence-electron chi connectivity index (χ1n) is 4.31. The SMILES string of the molecule is Cc1cccc(C#N)c1SC(C)C. The predicted octanol–water partition coefficient (Wildman–Crippen LogP) is 3.37. The van der Waals surface area contributed by atoms with E-state index >= 15 is 0 Å². The molecule has 1 aromatic carbocycles. The maximum atomic E-state index is 8.89. The van der Waals surface area contributed by atoms with E-state index in [9.17, 15) is 0 Å². The molecule has 1 aromatic rings. The van der Waals surface area contributed by atoms with Crippen molar-refractivity contribution in [3.05, 3.63) is 29.3 Å². The smallest absolute Gasteiger partial charge is 0.100 e. The second-order valence-electron chi connectivity index (χ2n) is 3.23. The summed E-state index contributed by atoms with van der Waals surface area (Å²) in [5.41, 5.74) is 1.98. The highest BCUT2D eigenvalue weighted by Crippen LogP contribution is 2.29. The van der Waals surface area contributed by atoms with Crippen molar-refractivity contribution < 1.29 is 0 Å². The van der Waals surface area contributed by atoms with Gasteiger partial charge in [0, 0.05) is 10.1 Å². The van der Waals surface area contributed by atoms with E-state index in [1.54, 1.807) is 11.8 Å². The Hall–Kier alpha value is -0.940. The first-order chi connectivity index (χ1) is 6.15. The number of benzene rings is 1. The first-order valence-corrected chi connectivity index (χ1v) is 5.19. The Morgan fingerprint density at radius 2 is 2.08 bits per heavy atom. The zero-order valence-corrected chi connectivity index (χ0v) is 8.98. The number of hydrogen-bond donors (Lipinski definition) is 0. The highest BCUT2D eigenvalue weighted by atomic mass is 32.2. The van der Waals surface area contributed by atoms with Gasteiger partial charge in [-0.05, 0) is 18.6 Å². The molecule has 68 valence electrons. The molecule has 0 heterocycles. The van der Waals surface area contributed by atoms with Gasteiger partial charge < -0.3 is 0 Å². The first kappa shape index (κ1) is 10.1. The maximum absolute atomic E-state index is 8.89. The minimum Gasteiger partial charge on any atom is -0.192 e. The van der Waals surface area contributed by atoms with Crippen LogP contribution in [0.2, 0.25) is 0 Å². The van der Waals surface area contributed by atoms with Gasteiger partial charge in [0.2, 0.25) is 0 Å². The Morgan fingerprint density at radius 3 is 2.62 bits per heavy atom. The minimum atomic E-state index is 0.521. The summed E-state index contributed by atoms with van der Waals surface area (Å²) in [7, 11) is 0. The van der Waals surface area contributed by atoms with E-state index in [1.165, 1.54) is 5.56 Å². The van der Waals surface area contributed by atoms with Crippen LogP contribution in [-0.4, -0.2) is 5.25 Å². The lowest BCUT2D eigenvalue weighted by Crippen LogP contribution is -1.91. The zero-order chi connectivity index (χ0) is 9.84. The number of rotatable bonds is 2. The molecule has 0 aliphatic rings. The topological polar surface area (TPSA) is 23.8 Å². The molecule has 0 N–H and O–H groups in total. The van der Waals surface area contributed by atoms with Crippen LogP contribution in [0.15, 0.2) is 23.1 Å². The number of hydrogen-bond acceptors (Lipinski definition) is 2. The van der Waals surface area contributed by atoms with Gasteiger partial charge in [0.05, 0.1) is 5.56 Å². The van der Waals surface area contributed by atoms with Crippen LogP contribution >= 0.6 is 11.8 Å². The average Bonchev–Trinajstić information content (AvgIpc) is 2.08. The van der Waals surface area contributed by atoms with E-state index in [0.29, 0.717) is 5.25 Å². The van der Waals surface area contributed by atoms with E-state index in [-0.39, 0.29) is 0 Å². The van der Waals surface area contributed by atoms with Gasteiger partial charge in [0.25, 0.3) is 0 Å². The molecule has 2 heteroatoms. The monoisotopic (exact) mass is 191 g/mol. The third kappa shape index (κ3) is 2.50. The van der Waals surface area contributed by atoms with Gasteiger partial charge in [-0.2, -0.15) is 5.26 Å². The van der Waals surface area contributed by atoms with Gasteiger partial charge in [-0.25, -0.2) is 0 Å². The van der Waals surface area contributed by atoms with Gasteiger partial charge in [0.15, 0.2) is 0 Å². The Morgan fingerprint density at radius 1 is 1.38 bits per heavy atom. The van der Waals surface area contributed by atoms with E-state index in [0.717, 1.165) is 10.5 Å². The highest BCUT2D eigenvalue weighted by molar-refractivity contribution is 8.00. The van der Waals surface area contributed by atoms with E-state index in [2.05, 4.69) is 19.9 Å². The van der Waals surface area contributed by atoms with Crippen molar-refractivity contribution in [2.75, 3.05) is 0 Å². The minimum absolute atomic E-state index is 0.521. The molecule has 1 nitrogen and oxygen atoms in total. The van der Waals surface area contributed by atoms with Crippen LogP contribution in [0.3, 0.4) is 0 Å². The molecule has 0 saturated carbocycles. The van der Waals surface area contributed by atoms with Gasteiger partial charge in [-0.3, -0.25) is 0 Å². The molecule has 0 aromatic heterocycles.